The van der Waals surface area contributed by atoms with E-state index in [0.29, 0.717) is 0 Å². The topological polar surface area (TPSA) is 74.2 Å². The molecule has 26 heavy (non-hydrogen) atoms. The van der Waals surface area contributed by atoms with Crippen molar-refractivity contribution in [1.82, 2.24) is 15.6 Å². The van der Waals surface area contributed by atoms with Crippen LogP contribution in [0.25, 0.3) is 0 Å². The quantitative estimate of drug-likeness (QED) is 0.771. The number of aliphatic hydroxyl groups is 1. The number of nitrogens with one attached hydrogen (secondary N) is 2. The molecule has 3 N–H and O–H groups in total. The lowest BCUT2D eigenvalue weighted by Crippen LogP contribution is -2.53. The number of nitrogens with zero attached hydrogens (tertiary/aromatic N) is 1. The van der Waals surface area contributed by atoms with Crippen molar-refractivity contribution in [2.24, 2.45) is 0 Å². The van der Waals surface area contributed by atoms with Gasteiger partial charge in [-0.2, -0.15) is 0 Å². The number of aromatic nitrogens is 1. The number of pyridine rings is 1. The van der Waals surface area contributed by atoms with Crippen LogP contribution in [0.15, 0.2) is 42.7 Å². The Labute approximate surface area is 154 Å². The average molecular weight is 353 g/mol. The minimum absolute atomic E-state index is 0.0262. The van der Waals surface area contributed by atoms with Crippen molar-refractivity contribution >= 4 is 6.03 Å². The third-order valence-corrected chi connectivity index (χ3v) is 5.40. The maximum absolute atomic E-state index is 12.7. The molecule has 138 valence electrons. The summed E-state index contributed by atoms with van der Waals surface area (Å²) in [6, 6.07) is 9.50. The second kappa shape index (κ2) is 7.87. The Hall–Kier alpha value is -2.40. The lowest BCUT2D eigenvalue weighted by Gasteiger charge is -2.29. The van der Waals surface area contributed by atoms with E-state index in [1.54, 1.807) is 12.4 Å². The van der Waals surface area contributed by atoms with Crippen LogP contribution in [-0.4, -0.2) is 28.3 Å². The van der Waals surface area contributed by atoms with Crippen LogP contribution in [0.4, 0.5) is 4.79 Å². The predicted octanol–water partition coefficient (Wildman–Crippen LogP) is 3.39. The van der Waals surface area contributed by atoms with Crippen LogP contribution < -0.4 is 10.6 Å². The molecule has 1 aliphatic rings. The Bertz CT molecular complexity index is 755. The van der Waals surface area contributed by atoms with Crippen LogP contribution in [0.3, 0.4) is 0 Å². The SMILES string of the molecule is Cc1ccc(C(NC(=O)NC2(CO)CCCC2)c2cccnc2)cc1C. The second-order valence-electron chi connectivity index (χ2n) is 7.31. The van der Waals surface area contributed by atoms with Gasteiger partial charge in [0, 0.05) is 12.4 Å². The summed E-state index contributed by atoms with van der Waals surface area (Å²) in [5, 5.41) is 15.8. The summed E-state index contributed by atoms with van der Waals surface area (Å²) in [7, 11) is 0. The van der Waals surface area contributed by atoms with Gasteiger partial charge in [0.15, 0.2) is 0 Å². The van der Waals surface area contributed by atoms with Crippen molar-refractivity contribution in [3.8, 4) is 0 Å². The monoisotopic (exact) mass is 353 g/mol. The molecule has 1 aliphatic carbocycles. The molecule has 2 aromatic rings. The molecule has 1 unspecified atom stereocenters. The summed E-state index contributed by atoms with van der Waals surface area (Å²) in [6.45, 7) is 4.11. The van der Waals surface area contributed by atoms with Crippen LogP contribution in [0.2, 0.25) is 0 Å². The fourth-order valence-electron chi connectivity index (χ4n) is 3.63. The van der Waals surface area contributed by atoms with Gasteiger partial charge < -0.3 is 15.7 Å². The molecule has 1 saturated carbocycles. The van der Waals surface area contributed by atoms with Crippen molar-refractivity contribution in [3.05, 3.63) is 65.0 Å². The van der Waals surface area contributed by atoms with Crippen molar-refractivity contribution in [3.63, 3.8) is 0 Å². The molecule has 1 fully saturated rings. The first-order valence-electron chi connectivity index (χ1n) is 9.20. The van der Waals surface area contributed by atoms with Gasteiger partial charge in [0.1, 0.15) is 0 Å². The average Bonchev–Trinajstić information content (AvgIpc) is 3.12. The van der Waals surface area contributed by atoms with E-state index in [4.69, 9.17) is 0 Å². The van der Waals surface area contributed by atoms with E-state index in [9.17, 15) is 9.90 Å². The molecule has 5 heteroatoms. The number of rotatable bonds is 5. The number of aryl methyl sites for hydroxylation is 2. The minimum Gasteiger partial charge on any atom is -0.394 e. The number of urea groups is 1. The third kappa shape index (κ3) is 4.05. The van der Waals surface area contributed by atoms with Crippen molar-refractivity contribution in [2.75, 3.05) is 6.61 Å². The zero-order valence-corrected chi connectivity index (χ0v) is 15.5. The number of benzene rings is 1. The van der Waals surface area contributed by atoms with E-state index in [0.717, 1.165) is 36.8 Å². The summed E-state index contributed by atoms with van der Waals surface area (Å²) in [5.41, 5.74) is 3.85. The molecule has 3 rings (SSSR count). The standard InChI is InChI=1S/C21H27N3O2/c1-15-7-8-17(12-16(15)2)19(18-6-5-11-22-13-18)23-20(26)24-21(14-25)9-3-4-10-21/h5-8,11-13,19,25H,3-4,9-10,14H2,1-2H3,(H2,23,24,26). The Balaban J connectivity index is 1.84. The van der Waals surface area contributed by atoms with Crippen LogP contribution in [0, 0.1) is 13.8 Å². The number of hydrogen-bond donors (Lipinski definition) is 3. The highest BCUT2D eigenvalue weighted by molar-refractivity contribution is 5.76. The van der Waals surface area contributed by atoms with E-state index in [2.05, 4.69) is 41.6 Å². The van der Waals surface area contributed by atoms with E-state index >= 15 is 0 Å². The Morgan fingerprint density at radius 3 is 2.58 bits per heavy atom. The number of carbonyl (C=O) groups is 1. The first-order valence-corrected chi connectivity index (χ1v) is 9.20. The molecule has 0 radical (unpaired) electrons. The first kappa shape index (κ1) is 18.4. The summed E-state index contributed by atoms with van der Waals surface area (Å²) in [6.07, 6.45) is 7.20. The molecule has 1 atom stereocenters. The molecule has 0 spiro atoms. The zero-order chi connectivity index (χ0) is 18.6. The highest BCUT2D eigenvalue weighted by Gasteiger charge is 2.35. The molecule has 5 nitrogen and oxygen atoms in total. The van der Waals surface area contributed by atoms with E-state index in [1.807, 2.05) is 18.2 Å². The summed E-state index contributed by atoms with van der Waals surface area (Å²) in [5.74, 6) is 0. The number of carbonyl (C=O) groups excluding carboxylic acids is 1. The van der Waals surface area contributed by atoms with E-state index in [1.165, 1.54) is 11.1 Å². The smallest absolute Gasteiger partial charge is 0.316 e. The largest absolute Gasteiger partial charge is 0.394 e. The first-order chi connectivity index (χ1) is 12.5. The van der Waals surface area contributed by atoms with Gasteiger partial charge in [-0.15, -0.1) is 0 Å². The maximum atomic E-state index is 12.7. The van der Waals surface area contributed by atoms with Gasteiger partial charge in [-0.3, -0.25) is 4.98 Å². The molecular formula is C21H27N3O2. The fourth-order valence-corrected chi connectivity index (χ4v) is 3.63. The number of hydrogen-bond acceptors (Lipinski definition) is 3. The van der Waals surface area contributed by atoms with Crippen molar-refractivity contribution in [2.45, 2.75) is 51.1 Å². The predicted molar refractivity (Wildman–Crippen MR) is 102 cm³/mol. The van der Waals surface area contributed by atoms with Crippen molar-refractivity contribution in [1.29, 1.82) is 0 Å². The van der Waals surface area contributed by atoms with Gasteiger partial charge in [0.2, 0.25) is 0 Å². The minimum atomic E-state index is -0.493. The highest BCUT2D eigenvalue weighted by atomic mass is 16.3. The highest BCUT2D eigenvalue weighted by Crippen LogP contribution is 2.29. The van der Waals surface area contributed by atoms with Crippen molar-refractivity contribution < 1.29 is 9.90 Å². The Kier molecular flexibility index (Phi) is 5.57. The molecule has 2 amide bonds. The third-order valence-electron chi connectivity index (χ3n) is 5.40. The van der Waals surface area contributed by atoms with Crippen LogP contribution >= 0.6 is 0 Å². The molecule has 1 aromatic heterocycles. The van der Waals surface area contributed by atoms with Gasteiger partial charge in [0.25, 0.3) is 0 Å². The lowest BCUT2D eigenvalue weighted by atomic mass is 9.96. The summed E-state index contributed by atoms with van der Waals surface area (Å²) >= 11 is 0. The van der Waals surface area contributed by atoms with Crippen LogP contribution in [-0.2, 0) is 0 Å². The molecule has 0 aliphatic heterocycles. The summed E-state index contributed by atoms with van der Waals surface area (Å²) in [4.78, 5) is 16.9. The molecule has 0 bridgehead atoms. The van der Waals surface area contributed by atoms with Gasteiger partial charge in [-0.1, -0.05) is 37.1 Å². The normalized spacial score (nSPS) is 16.9. The molecule has 0 saturated heterocycles. The molecular weight excluding hydrogens is 326 g/mol. The number of aliphatic hydroxyl groups excluding tert-OH is 1. The van der Waals surface area contributed by atoms with Gasteiger partial charge in [-0.05, 0) is 55.0 Å². The van der Waals surface area contributed by atoms with Gasteiger partial charge in [0.05, 0.1) is 18.2 Å². The zero-order valence-electron chi connectivity index (χ0n) is 15.5. The van der Waals surface area contributed by atoms with Crippen LogP contribution in [0.5, 0.6) is 0 Å². The fraction of sp³-hybridized carbons (Fsp3) is 0.429. The van der Waals surface area contributed by atoms with E-state index < -0.39 is 5.54 Å². The van der Waals surface area contributed by atoms with Gasteiger partial charge in [-0.25, -0.2) is 4.79 Å². The Morgan fingerprint density at radius 1 is 1.19 bits per heavy atom. The molecule has 1 aromatic carbocycles. The molecule has 1 heterocycles. The van der Waals surface area contributed by atoms with Crippen LogP contribution in [0.1, 0.15) is 54.0 Å². The van der Waals surface area contributed by atoms with Gasteiger partial charge >= 0.3 is 6.03 Å². The van der Waals surface area contributed by atoms with E-state index in [-0.39, 0.29) is 18.7 Å². The summed E-state index contributed by atoms with van der Waals surface area (Å²) < 4.78 is 0. The lowest BCUT2D eigenvalue weighted by molar-refractivity contribution is 0.162. The number of amides is 2. The maximum Gasteiger partial charge on any atom is 0.316 e. The Morgan fingerprint density at radius 2 is 1.96 bits per heavy atom. The second-order valence-corrected chi connectivity index (χ2v) is 7.31.